The zero-order chi connectivity index (χ0) is 22.0. The third-order valence-electron chi connectivity index (χ3n) is 6.00. The van der Waals surface area contributed by atoms with Gasteiger partial charge in [-0.05, 0) is 12.8 Å². The molecule has 0 radical (unpaired) electrons. The van der Waals surface area contributed by atoms with Crippen molar-refractivity contribution in [3.8, 4) is 0 Å². The fourth-order valence-corrected chi connectivity index (χ4v) is 3.90. The molecule has 0 aromatic rings. The second-order valence-electron chi connectivity index (χ2n) is 9.11. The summed E-state index contributed by atoms with van der Waals surface area (Å²) in [6, 6.07) is 0. The molecule has 182 valence electrons. The lowest BCUT2D eigenvalue weighted by Gasteiger charge is -2.15. The molecule has 0 aromatic heterocycles. The molecule has 0 heterocycles. The second-order valence-corrected chi connectivity index (χ2v) is 9.11. The zero-order valence-electron chi connectivity index (χ0n) is 20.8. The Balaban J connectivity index is 3.27. The van der Waals surface area contributed by atoms with Crippen LogP contribution in [0.3, 0.4) is 0 Å². The molecular weight excluding hydrogens is 372 g/mol. The van der Waals surface area contributed by atoms with Crippen LogP contribution < -0.4 is 0 Å². The summed E-state index contributed by atoms with van der Waals surface area (Å²) in [5.41, 5.74) is 0. The largest absolute Gasteiger partial charge is 0.394 e. The molecule has 3 nitrogen and oxygen atoms in total. The Labute approximate surface area is 189 Å². The molecule has 0 aliphatic rings. The van der Waals surface area contributed by atoms with Crippen molar-refractivity contribution >= 4 is 0 Å². The van der Waals surface area contributed by atoms with Gasteiger partial charge in [-0.25, -0.2) is 0 Å². The molecule has 0 spiro atoms. The van der Waals surface area contributed by atoms with E-state index in [2.05, 4.69) is 13.8 Å². The molecule has 0 saturated heterocycles. The summed E-state index contributed by atoms with van der Waals surface area (Å²) in [7, 11) is 0. The highest BCUT2D eigenvalue weighted by Crippen LogP contribution is 2.12. The van der Waals surface area contributed by atoms with Crippen LogP contribution in [0.4, 0.5) is 0 Å². The van der Waals surface area contributed by atoms with E-state index in [0.29, 0.717) is 6.61 Å². The molecule has 0 fully saturated rings. The maximum atomic E-state index is 9.46. The summed E-state index contributed by atoms with van der Waals surface area (Å²) in [5.74, 6) is 0. The normalized spacial score (nSPS) is 12.5. The number of hydrogen-bond acceptors (Lipinski definition) is 3. The maximum absolute atomic E-state index is 9.46. The van der Waals surface area contributed by atoms with Gasteiger partial charge < -0.3 is 14.6 Å². The Hall–Kier alpha value is -0.120. The number of rotatable bonds is 26. The number of ether oxygens (including phenoxy) is 2. The molecular formula is C27H56O3. The van der Waals surface area contributed by atoms with E-state index in [1.54, 1.807) is 0 Å². The van der Waals surface area contributed by atoms with E-state index in [-0.39, 0.29) is 12.7 Å². The van der Waals surface area contributed by atoms with Crippen LogP contribution in [0.25, 0.3) is 0 Å². The average molecular weight is 429 g/mol. The highest BCUT2D eigenvalue weighted by atomic mass is 16.5. The van der Waals surface area contributed by atoms with E-state index in [1.165, 1.54) is 116 Å². The van der Waals surface area contributed by atoms with Crippen LogP contribution in [0.15, 0.2) is 0 Å². The first kappa shape index (κ1) is 29.9. The number of hydrogen-bond donors (Lipinski definition) is 1. The molecule has 0 aliphatic heterocycles. The van der Waals surface area contributed by atoms with Crippen molar-refractivity contribution in [3.63, 3.8) is 0 Å². The van der Waals surface area contributed by atoms with Crippen molar-refractivity contribution in [1.29, 1.82) is 0 Å². The van der Waals surface area contributed by atoms with E-state index < -0.39 is 0 Å². The SMILES string of the molecule is CCCCCCCCCCCCOCC(CO)OCCCCCCCCCCCC. The van der Waals surface area contributed by atoms with Gasteiger partial charge in [0.2, 0.25) is 0 Å². The summed E-state index contributed by atoms with van der Waals surface area (Å²) in [6.45, 7) is 6.70. The van der Waals surface area contributed by atoms with Crippen LogP contribution in [0, 0.1) is 0 Å². The summed E-state index contributed by atoms with van der Waals surface area (Å²) in [6.07, 6.45) is 26.7. The minimum Gasteiger partial charge on any atom is -0.394 e. The predicted molar refractivity (Wildman–Crippen MR) is 131 cm³/mol. The van der Waals surface area contributed by atoms with Crippen LogP contribution in [0.5, 0.6) is 0 Å². The zero-order valence-corrected chi connectivity index (χ0v) is 20.8. The third-order valence-corrected chi connectivity index (χ3v) is 6.00. The van der Waals surface area contributed by atoms with Gasteiger partial charge in [-0.2, -0.15) is 0 Å². The lowest BCUT2D eigenvalue weighted by atomic mass is 10.1. The number of unbranched alkanes of at least 4 members (excludes halogenated alkanes) is 18. The van der Waals surface area contributed by atoms with Crippen LogP contribution in [-0.4, -0.2) is 37.6 Å². The third kappa shape index (κ3) is 24.2. The first-order chi connectivity index (χ1) is 14.8. The number of aliphatic hydroxyl groups is 1. The van der Waals surface area contributed by atoms with Gasteiger partial charge in [-0.15, -0.1) is 0 Å². The highest BCUT2D eigenvalue weighted by Gasteiger charge is 2.07. The summed E-state index contributed by atoms with van der Waals surface area (Å²) in [5, 5.41) is 9.46. The average Bonchev–Trinajstić information content (AvgIpc) is 2.76. The fraction of sp³-hybridized carbons (Fsp3) is 1.00. The minimum atomic E-state index is -0.147. The predicted octanol–water partition coefficient (Wildman–Crippen LogP) is 8.22. The van der Waals surface area contributed by atoms with Gasteiger partial charge >= 0.3 is 0 Å². The van der Waals surface area contributed by atoms with Crippen molar-refractivity contribution in [2.75, 3.05) is 26.4 Å². The Morgan fingerprint density at radius 2 is 0.867 bits per heavy atom. The van der Waals surface area contributed by atoms with E-state index in [9.17, 15) is 5.11 Å². The Kier molecular flexibility index (Phi) is 26.8. The topological polar surface area (TPSA) is 38.7 Å². The van der Waals surface area contributed by atoms with Crippen molar-refractivity contribution in [2.45, 2.75) is 148 Å². The fourth-order valence-electron chi connectivity index (χ4n) is 3.90. The monoisotopic (exact) mass is 428 g/mol. The molecule has 0 aliphatic carbocycles. The van der Waals surface area contributed by atoms with Crippen LogP contribution in [-0.2, 0) is 9.47 Å². The Bertz CT molecular complexity index is 296. The molecule has 0 rings (SSSR count). The smallest absolute Gasteiger partial charge is 0.104 e. The Morgan fingerprint density at radius 1 is 0.500 bits per heavy atom. The van der Waals surface area contributed by atoms with Gasteiger partial charge in [-0.1, -0.05) is 129 Å². The lowest BCUT2D eigenvalue weighted by molar-refractivity contribution is -0.0437. The maximum Gasteiger partial charge on any atom is 0.104 e. The quantitative estimate of drug-likeness (QED) is 0.141. The highest BCUT2D eigenvalue weighted by molar-refractivity contribution is 4.55. The van der Waals surface area contributed by atoms with Crippen molar-refractivity contribution in [3.05, 3.63) is 0 Å². The standard InChI is InChI=1S/C27H56O3/c1-3-5-7-9-11-13-15-17-19-21-23-29-26-27(25-28)30-24-22-20-18-16-14-12-10-8-6-4-2/h27-28H,3-26H2,1-2H3. The minimum absolute atomic E-state index is 0.0653. The molecule has 0 saturated carbocycles. The summed E-state index contributed by atoms with van der Waals surface area (Å²) < 4.78 is 11.5. The Morgan fingerprint density at radius 3 is 1.27 bits per heavy atom. The van der Waals surface area contributed by atoms with Crippen LogP contribution in [0.2, 0.25) is 0 Å². The van der Waals surface area contributed by atoms with Gasteiger partial charge in [0.15, 0.2) is 0 Å². The summed E-state index contributed by atoms with van der Waals surface area (Å²) in [4.78, 5) is 0. The molecule has 1 unspecified atom stereocenters. The van der Waals surface area contributed by atoms with Crippen molar-refractivity contribution in [1.82, 2.24) is 0 Å². The van der Waals surface area contributed by atoms with E-state index in [1.807, 2.05) is 0 Å². The molecule has 0 aromatic carbocycles. The van der Waals surface area contributed by atoms with Gasteiger partial charge in [-0.3, -0.25) is 0 Å². The first-order valence-electron chi connectivity index (χ1n) is 13.6. The van der Waals surface area contributed by atoms with Gasteiger partial charge in [0.05, 0.1) is 13.2 Å². The molecule has 0 bridgehead atoms. The number of aliphatic hydroxyl groups excluding tert-OH is 1. The van der Waals surface area contributed by atoms with Crippen LogP contribution in [0.1, 0.15) is 142 Å². The van der Waals surface area contributed by atoms with Crippen molar-refractivity contribution < 1.29 is 14.6 Å². The second kappa shape index (κ2) is 26.9. The first-order valence-corrected chi connectivity index (χ1v) is 13.6. The van der Waals surface area contributed by atoms with E-state index >= 15 is 0 Å². The molecule has 0 amide bonds. The van der Waals surface area contributed by atoms with Gasteiger partial charge in [0.1, 0.15) is 6.10 Å². The molecule has 1 atom stereocenters. The lowest BCUT2D eigenvalue weighted by Crippen LogP contribution is -2.24. The van der Waals surface area contributed by atoms with Crippen molar-refractivity contribution in [2.24, 2.45) is 0 Å². The van der Waals surface area contributed by atoms with Gasteiger partial charge in [0.25, 0.3) is 0 Å². The van der Waals surface area contributed by atoms with E-state index in [0.717, 1.165) is 26.1 Å². The van der Waals surface area contributed by atoms with Crippen LogP contribution >= 0.6 is 0 Å². The van der Waals surface area contributed by atoms with Gasteiger partial charge in [0, 0.05) is 13.2 Å². The molecule has 3 heteroatoms. The summed E-state index contributed by atoms with van der Waals surface area (Å²) >= 11 is 0. The molecule has 1 N–H and O–H groups in total. The molecule has 30 heavy (non-hydrogen) atoms. The van der Waals surface area contributed by atoms with E-state index in [4.69, 9.17) is 9.47 Å².